The zero-order valence-electron chi connectivity index (χ0n) is 15.5. The molecule has 0 fully saturated rings. The summed E-state index contributed by atoms with van der Waals surface area (Å²) in [6, 6.07) is 19.4. The number of carbonyl (C=O) groups is 1. The van der Waals surface area contributed by atoms with E-state index in [0.29, 0.717) is 15.4 Å². The molecule has 0 bridgehead atoms. The zero-order valence-corrected chi connectivity index (χ0v) is 18.0. The molecule has 0 spiro atoms. The lowest BCUT2D eigenvalue weighted by Gasteiger charge is -2.08. The predicted molar refractivity (Wildman–Crippen MR) is 117 cm³/mol. The Morgan fingerprint density at radius 2 is 1.70 bits per heavy atom. The first kappa shape index (κ1) is 20.3. The van der Waals surface area contributed by atoms with Gasteiger partial charge in [-0.2, -0.15) is 0 Å². The van der Waals surface area contributed by atoms with Crippen LogP contribution in [-0.2, 0) is 21.2 Å². The van der Waals surface area contributed by atoms with E-state index >= 15 is 0 Å². The fraction of sp³-hybridized carbons (Fsp3) is 0.0455. The summed E-state index contributed by atoms with van der Waals surface area (Å²) in [6.45, 7) is -0.166. The molecule has 4 rings (SSSR count). The van der Waals surface area contributed by atoms with Gasteiger partial charge >= 0.3 is 0 Å². The monoisotopic (exact) mass is 486 g/mol. The van der Waals surface area contributed by atoms with E-state index in [4.69, 9.17) is 0 Å². The van der Waals surface area contributed by atoms with E-state index in [2.05, 4.69) is 21.2 Å². The molecule has 0 aliphatic carbocycles. The third kappa shape index (κ3) is 3.88. The molecule has 1 heterocycles. The van der Waals surface area contributed by atoms with Gasteiger partial charge < -0.3 is 9.88 Å². The highest BCUT2D eigenvalue weighted by atomic mass is 79.9. The largest absolute Gasteiger partial charge is 0.337 e. The molecule has 0 aliphatic heterocycles. The second-order valence-corrected chi connectivity index (χ2v) is 9.46. The number of hydrogen-bond acceptors (Lipinski definition) is 3. The maximum absolute atomic E-state index is 14.0. The van der Waals surface area contributed by atoms with E-state index in [-0.39, 0.29) is 22.0 Å². The Bertz CT molecular complexity index is 1350. The van der Waals surface area contributed by atoms with Gasteiger partial charge in [0.15, 0.2) is 0 Å². The first-order valence-corrected chi connectivity index (χ1v) is 11.3. The Morgan fingerprint density at radius 3 is 2.43 bits per heavy atom. The Balaban J connectivity index is 1.70. The molecule has 30 heavy (non-hydrogen) atoms. The molecule has 1 amide bonds. The molecule has 4 aromatic rings. The van der Waals surface area contributed by atoms with Crippen LogP contribution in [0.1, 0.15) is 0 Å². The summed E-state index contributed by atoms with van der Waals surface area (Å²) < 4.78 is 42.4. The second kappa shape index (κ2) is 8.04. The number of halogens is 2. The molecule has 0 saturated heterocycles. The normalized spacial score (nSPS) is 11.5. The Labute approximate surface area is 181 Å². The number of para-hydroxylation sites is 1. The minimum absolute atomic E-state index is 0.0526. The van der Waals surface area contributed by atoms with Gasteiger partial charge in [-0.05, 0) is 36.4 Å². The molecular weight excluding hydrogens is 471 g/mol. The molecule has 0 unspecified atom stereocenters. The van der Waals surface area contributed by atoms with Crippen molar-refractivity contribution in [1.29, 1.82) is 0 Å². The topological polar surface area (TPSA) is 68.2 Å². The van der Waals surface area contributed by atoms with Gasteiger partial charge in [0.25, 0.3) is 0 Å². The average Bonchev–Trinajstić information content (AvgIpc) is 3.10. The minimum Gasteiger partial charge on any atom is -0.337 e. The number of nitrogens with zero attached hydrogens (tertiary/aromatic N) is 1. The van der Waals surface area contributed by atoms with Gasteiger partial charge in [-0.3, -0.25) is 4.79 Å². The van der Waals surface area contributed by atoms with Crippen LogP contribution in [0, 0.1) is 5.82 Å². The van der Waals surface area contributed by atoms with Crippen molar-refractivity contribution in [2.24, 2.45) is 0 Å². The lowest BCUT2D eigenvalue weighted by Crippen LogP contribution is -2.19. The van der Waals surface area contributed by atoms with E-state index in [9.17, 15) is 17.6 Å². The molecule has 0 atom stereocenters. The SMILES string of the molecule is O=C(Cn1cc(S(=O)(=O)c2ccccc2)c2ccccc21)Nc1ccc(Br)cc1F. The summed E-state index contributed by atoms with van der Waals surface area (Å²) in [5, 5.41) is 3.04. The van der Waals surface area contributed by atoms with Crippen molar-refractivity contribution in [3.05, 3.63) is 89.3 Å². The molecule has 152 valence electrons. The quantitative estimate of drug-likeness (QED) is 0.430. The van der Waals surface area contributed by atoms with Crippen molar-refractivity contribution in [2.45, 2.75) is 16.3 Å². The summed E-state index contributed by atoms with van der Waals surface area (Å²) in [4.78, 5) is 12.8. The number of carbonyl (C=O) groups excluding carboxylic acids is 1. The highest BCUT2D eigenvalue weighted by Crippen LogP contribution is 2.30. The number of benzene rings is 3. The van der Waals surface area contributed by atoms with Gasteiger partial charge in [-0.1, -0.05) is 52.3 Å². The van der Waals surface area contributed by atoms with Gasteiger partial charge in [0, 0.05) is 21.6 Å². The van der Waals surface area contributed by atoms with E-state index in [1.54, 1.807) is 53.1 Å². The van der Waals surface area contributed by atoms with E-state index < -0.39 is 21.6 Å². The predicted octanol–water partition coefficient (Wildman–Crippen LogP) is 5.01. The number of fused-ring (bicyclic) bond motifs is 1. The van der Waals surface area contributed by atoms with Crippen LogP contribution in [0.4, 0.5) is 10.1 Å². The summed E-state index contributed by atoms with van der Waals surface area (Å²) in [6.07, 6.45) is 1.45. The maximum atomic E-state index is 14.0. The van der Waals surface area contributed by atoms with E-state index in [0.717, 1.165) is 0 Å². The molecular formula is C22H16BrFN2O3S. The molecule has 0 radical (unpaired) electrons. The van der Waals surface area contributed by atoms with Crippen LogP contribution < -0.4 is 5.32 Å². The highest BCUT2D eigenvalue weighted by Gasteiger charge is 2.23. The zero-order chi connectivity index (χ0) is 21.3. The molecule has 0 saturated carbocycles. The van der Waals surface area contributed by atoms with Crippen LogP contribution in [0.25, 0.3) is 10.9 Å². The first-order valence-electron chi connectivity index (χ1n) is 8.99. The molecule has 5 nitrogen and oxygen atoms in total. The van der Waals surface area contributed by atoms with Gasteiger partial charge in [-0.15, -0.1) is 0 Å². The van der Waals surface area contributed by atoms with Crippen LogP contribution in [0.2, 0.25) is 0 Å². The summed E-state index contributed by atoms with van der Waals surface area (Å²) >= 11 is 3.17. The van der Waals surface area contributed by atoms with E-state index in [1.807, 2.05) is 0 Å². The highest BCUT2D eigenvalue weighted by molar-refractivity contribution is 9.10. The third-order valence-electron chi connectivity index (χ3n) is 4.61. The lowest BCUT2D eigenvalue weighted by molar-refractivity contribution is -0.116. The summed E-state index contributed by atoms with van der Waals surface area (Å²) in [7, 11) is -3.77. The Kier molecular flexibility index (Phi) is 5.44. The van der Waals surface area contributed by atoms with Gasteiger partial charge in [0.1, 0.15) is 12.4 Å². The molecule has 0 aliphatic rings. The van der Waals surface area contributed by atoms with E-state index in [1.165, 1.54) is 30.5 Å². The molecule has 1 aromatic heterocycles. The number of sulfone groups is 1. The fourth-order valence-corrected chi connectivity index (χ4v) is 5.05. The van der Waals surface area contributed by atoms with Gasteiger partial charge in [0.05, 0.1) is 15.5 Å². The maximum Gasteiger partial charge on any atom is 0.244 e. The molecule has 1 N–H and O–H groups in total. The number of hydrogen-bond donors (Lipinski definition) is 1. The van der Waals surface area contributed by atoms with Crippen LogP contribution in [0.5, 0.6) is 0 Å². The van der Waals surface area contributed by atoms with Crippen LogP contribution in [-0.4, -0.2) is 18.9 Å². The number of rotatable bonds is 5. The van der Waals surface area contributed by atoms with Crippen molar-refractivity contribution in [1.82, 2.24) is 4.57 Å². The number of anilines is 1. The van der Waals surface area contributed by atoms with Crippen molar-refractivity contribution in [3.63, 3.8) is 0 Å². The van der Waals surface area contributed by atoms with Gasteiger partial charge in [0.2, 0.25) is 15.7 Å². The first-order chi connectivity index (χ1) is 14.4. The Hall–Kier alpha value is -2.97. The van der Waals surface area contributed by atoms with Crippen LogP contribution >= 0.6 is 15.9 Å². The summed E-state index contributed by atoms with van der Waals surface area (Å²) in [5.41, 5.74) is 0.648. The second-order valence-electron chi connectivity index (χ2n) is 6.63. The average molecular weight is 487 g/mol. The smallest absolute Gasteiger partial charge is 0.244 e. The minimum atomic E-state index is -3.77. The fourth-order valence-electron chi connectivity index (χ4n) is 3.22. The lowest BCUT2D eigenvalue weighted by atomic mass is 10.2. The van der Waals surface area contributed by atoms with Crippen LogP contribution in [0.3, 0.4) is 0 Å². The number of nitrogens with one attached hydrogen (secondary N) is 1. The molecule has 8 heteroatoms. The standard InChI is InChI=1S/C22H16BrFN2O3S/c23-15-10-11-19(18(24)12-15)25-22(27)14-26-13-21(17-8-4-5-9-20(17)26)30(28,29)16-6-2-1-3-7-16/h1-13H,14H2,(H,25,27). The number of aromatic nitrogens is 1. The van der Waals surface area contributed by atoms with Crippen molar-refractivity contribution < 1.29 is 17.6 Å². The third-order valence-corrected chi connectivity index (χ3v) is 6.90. The number of amides is 1. The van der Waals surface area contributed by atoms with Crippen molar-refractivity contribution >= 4 is 48.3 Å². The van der Waals surface area contributed by atoms with Crippen molar-refractivity contribution in [3.8, 4) is 0 Å². The summed E-state index contributed by atoms with van der Waals surface area (Å²) in [5.74, 6) is -1.04. The van der Waals surface area contributed by atoms with Crippen LogP contribution in [0.15, 0.2) is 93.3 Å². The van der Waals surface area contributed by atoms with Crippen molar-refractivity contribution in [2.75, 3.05) is 5.32 Å². The van der Waals surface area contributed by atoms with Gasteiger partial charge in [-0.25, -0.2) is 12.8 Å². The molecule has 3 aromatic carbocycles. The Morgan fingerprint density at radius 1 is 1.00 bits per heavy atom.